The van der Waals surface area contributed by atoms with Crippen molar-refractivity contribution in [1.82, 2.24) is 0 Å². The van der Waals surface area contributed by atoms with Gasteiger partial charge in [-0.1, -0.05) is 11.1 Å². The minimum atomic E-state index is -1.36. The van der Waals surface area contributed by atoms with Crippen LogP contribution in [0, 0.1) is 0 Å². The Morgan fingerprint density at radius 3 is 2.27 bits per heavy atom. The third kappa shape index (κ3) is 7.20. The first-order valence-electron chi connectivity index (χ1n) is 17.0. The number of rotatable bonds is 12. The van der Waals surface area contributed by atoms with Gasteiger partial charge in [0.2, 0.25) is 0 Å². The predicted molar refractivity (Wildman–Crippen MR) is 187 cm³/mol. The molecule has 3 atom stereocenters. The fourth-order valence-corrected chi connectivity index (χ4v) is 6.50. The van der Waals surface area contributed by atoms with E-state index in [0.29, 0.717) is 47.7 Å². The Hall–Kier alpha value is -4.31. The monoisotopic (exact) mass is 668 g/mol. The van der Waals surface area contributed by atoms with Gasteiger partial charge in [0.05, 0.1) is 40.6 Å². The van der Waals surface area contributed by atoms with Crippen molar-refractivity contribution >= 4 is 28.0 Å². The molecule has 0 saturated carbocycles. The Bertz CT molecular complexity index is 2010. The number of ether oxygens (including phenoxy) is 6. The molecule has 9 nitrogen and oxygen atoms in total. The molecule has 2 fully saturated rings. The average Bonchev–Trinajstić information content (AvgIpc) is 3.31. The minimum absolute atomic E-state index is 0.00721. The molecule has 0 N–H and O–H groups in total. The zero-order valence-electron chi connectivity index (χ0n) is 29.0. The maximum absolute atomic E-state index is 11.6. The number of benzene rings is 2. The van der Waals surface area contributed by atoms with Crippen molar-refractivity contribution in [2.45, 2.75) is 96.6 Å². The molecule has 3 aliphatic heterocycles. The zero-order chi connectivity index (χ0) is 34.4. The summed E-state index contributed by atoms with van der Waals surface area (Å²) < 4.78 is 48.5. The van der Waals surface area contributed by atoms with Gasteiger partial charge in [-0.3, -0.25) is 0 Å². The highest BCUT2D eigenvalue weighted by atomic mass is 16.9. The highest BCUT2D eigenvalue weighted by Crippen LogP contribution is 2.48. The highest BCUT2D eigenvalue weighted by Gasteiger charge is 2.54. The molecule has 7 rings (SSSR count). The van der Waals surface area contributed by atoms with E-state index in [-0.39, 0.29) is 17.3 Å². The fraction of sp³-hybridized carbons (Fsp3) is 0.425. The molecule has 0 radical (unpaired) electrons. The number of furan rings is 1. The summed E-state index contributed by atoms with van der Waals surface area (Å²) in [7, 11) is 0. The Morgan fingerprint density at radius 1 is 0.837 bits per heavy atom. The van der Waals surface area contributed by atoms with Crippen molar-refractivity contribution in [3.63, 3.8) is 0 Å². The molecule has 1 spiro atoms. The van der Waals surface area contributed by atoms with Crippen LogP contribution >= 0.6 is 0 Å². The third-order valence-corrected chi connectivity index (χ3v) is 9.61. The summed E-state index contributed by atoms with van der Waals surface area (Å²) in [6.07, 6.45) is 13.2. The minimum Gasteiger partial charge on any atom is -0.489 e. The first kappa shape index (κ1) is 33.2. The molecule has 2 unspecified atom stereocenters. The van der Waals surface area contributed by atoms with Gasteiger partial charge in [-0.2, -0.15) is 0 Å². The first-order chi connectivity index (χ1) is 23.4. The van der Waals surface area contributed by atoms with Crippen molar-refractivity contribution < 1.29 is 37.3 Å². The molecule has 2 aromatic carbocycles. The Morgan fingerprint density at radius 2 is 1.53 bits per heavy atom. The molecule has 2 saturated heterocycles. The topological polar surface area (TPSA) is 102 Å². The summed E-state index contributed by atoms with van der Waals surface area (Å²) >= 11 is 0. The number of allylic oxidation sites excluding steroid dienone is 2. The lowest BCUT2D eigenvalue weighted by atomic mass is 9.96. The van der Waals surface area contributed by atoms with Crippen LogP contribution in [0.5, 0.6) is 17.2 Å². The summed E-state index contributed by atoms with van der Waals surface area (Å²) in [5, 5.41) is 1.73. The van der Waals surface area contributed by atoms with Gasteiger partial charge in [0.15, 0.2) is 0 Å². The van der Waals surface area contributed by atoms with Crippen LogP contribution in [0.3, 0.4) is 0 Å². The average molecular weight is 669 g/mol. The summed E-state index contributed by atoms with van der Waals surface area (Å²) in [5.41, 5.74) is 3.43. The summed E-state index contributed by atoms with van der Waals surface area (Å²) in [5.74, 6) is 0.553. The van der Waals surface area contributed by atoms with Crippen LogP contribution in [0.15, 0.2) is 91.7 Å². The van der Waals surface area contributed by atoms with Gasteiger partial charge in [-0.15, -0.1) is 0 Å². The number of epoxide rings is 1. The molecule has 49 heavy (non-hydrogen) atoms. The summed E-state index contributed by atoms with van der Waals surface area (Å²) in [6, 6.07) is 12.4. The van der Waals surface area contributed by atoms with Gasteiger partial charge < -0.3 is 37.3 Å². The van der Waals surface area contributed by atoms with Gasteiger partial charge >= 0.3 is 11.6 Å². The van der Waals surface area contributed by atoms with E-state index >= 15 is 0 Å². The van der Waals surface area contributed by atoms with Gasteiger partial charge in [-0.05, 0) is 110 Å². The molecular weight excluding hydrogens is 624 g/mol. The zero-order valence-corrected chi connectivity index (χ0v) is 29.0. The van der Waals surface area contributed by atoms with E-state index in [2.05, 4.69) is 33.8 Å². The van der Waals surface area contributed by atoms with E-state index < -0.39 is 11.6 Å². The number of hydrogen-bond acceptors (Lipinski definition) is 9. The fourth-order valence-electron chi connectivity index (χ4n) is 6.50. The van der Waals surface area contributed by atoms with Crippen LogP contribution < -0.4 is 19.8 Å². The van der Waals surface area contributed by atoms with Crippen molar-refractivity contribution in [3.05, 3.63) is 94.1 Å². The molecule has 0 aliphatic carbocycles. The lowest BCUT2D eigenvalue weighted by Gasteiger charge is -2.30. The molecule has 0 amide bonds. The van der Waals surface area contributed by atoms with Crippen LogP contribution in [-0.4, -0.2) is 42.6 Å². The molecular formula is C40H44O9. The molecule has 3 aliphatic rings. The Balaban J connectivity index is 0.974. The van der Waals surface area contributed by atoms with E-state index in [0.717, 1.165) is 47.6 Å². The van der Waals surface area contributed by atoms with Crippen molar-refractivity contribution in [1.29, 1.82) is 0 Å². The van der Waals surface area contributed by atoms with Gasteiger partial charge in [0.25, 0.3) is 0 Å². The molecule has 0 bridgehead atoms. The van der Waals surface area contributed by atoms with Gasteiger partial charge in [-0.25, -0.2) is 4.79 Å². The molecule has 5 heterocycles. The van der Waals surface area contributed by atoms with Crippen LogP contribution in [-0.2, 0) is 14.2 Å². The maximum Gasteiger partial charge on any atom is 0.350 e. The van der Waals surface area contributed by atoms with Crippen molar-refractivity contribution in [3.8, 4) is 17.2 Å². The highest BCUT2D eigenvalue weighted by molar-refractivity contribution is 5.91. The quantitative estimate of drug-likeness (QED) is 0.0832. The smallest absolute Gasteiger partial charge is 0.350 e. The van der Waals surface area contributed by atoms with Crippen molar-refractivity contribution in [2.75, 3.05) is 13.2 Å². The lowest BCUT2D eigenvalue weighted by Crippen LogP contribution is -2.38. The van der Waals surface area contributed by atoms with E-state index in [4.69, 9.17) is 37.3 Å². The number of hydrogen-bond donors (Lipinski definition) is 0. The van der Waals surface area contributed by atoms with E-state index in [9.17, 15) is 4.79 Å². The lowest BCUT2D eigenvalue weighted by molar-refractivity contribution is -0.270. The van der Waals surface area contributed by atoms with Gasteiger partial charge in [0, 0.05) is 29.7 Å². The largest absolute Gasteiger partial charge is 0.489 e. The summed E-state index contributed by atoms with van der Waals surface area (Å²) in [6.45, 7) is 13.3. The molecule has 2 aromatic heterocycles. The second-order valence-corrected chi connectivity index (χ2v) is 14.3. The molecule has 4 aromatic rings. The Labute approximate surface area is 286 Å². The standard InChI is InChI=1S/C40H44O9/c1-25(16-20-42-28-11-9-27-10-14-36(41)45-31(27)23-28)8-13-35-39(5,6)49-40(48-35)19-15-29-33(46-40)24-32-30(18-22-43-32)37(29)44-21-17-26(2)7-12-34-38(3,4)47-34/h9-11,14-19,22-24,34-35H,7-8,12-13,20-21H2,1-6H3/b25-16+,26-17+/t34?,35?,40-/m0/s1. The third-order valence-electron chi connectivity index (χ3n) is 9.61. The SMILES string of the molecule is C/C(=C\COc1c2c(cc3occc13)O[C@@]1(C=C2)OC(CC/C(C)=C/COc2ccc3ccc(=O)oc3c2)C(C)(C)O1)CCC1OC1(C)C. The maximum atomic E-state index is 11.6. The Kier molecular flexibility index (Phi) is 8.71. The van der Waals surface area contributed by atoms with Crippen LogP contribution in [0.1, 0.15) is 72.8 Å². The van der Waals surface area contributed by atoms with Crippen LogP contribution in [0.2, 0.25) is 0 Å². The molecule has 9 heteroatoms. The van der Waals surface area contributed by atoms with E-state index in [1.807, 2.05) is 56.3 Å². The van der Waals surface area contributed by atoms with E-state index in [1.54, 1.807) is 18.4 Å². The normalized spacial score (nSPS) is 24.0. The van der Waals surface area contributed by atoms with Crippen LogP contribution in [0.25, 0.3) is 28.0 Å². The van der Waals surface area contributed by atoms with E-state index in [1.165, 1.54) is 11.6 Å². The second kappa shape index (κ2) is 12.9. The predicted octanol–water partition coefficient (Wildman–Crippen LogP) is 8.88. The second-order valence-electron chi connectivity index (χ2n) is 14.3. The first-order valence-corrected chi connectivity index (χ1v) is 17.0. The summed E-state index contributed by atoms with van der Waals surface area (Å²) in [4.78, 5) is 11.6. The number of fused-ring (bicyclic) bond motifs is 3. The van der Waals surface area contributed by atoms with Gasteiger partial charge in [0.1, 0.15) is 41.6 Å². The van der Waals surface area contributed by atoms with Crippen LogP contribution in [0.4, 0.5) is 0 Å². The molecule has 258 valence electrons. The van der Waals surface area contributed by atoms with Crippen molar-refractivity contribution in [2.24, 2.45) is 0 Å².